The molecule has 0 spiro atoms. The number of nitro groups is 1. The number of alkyl halides is 3. The summed E-state index contributed by atoms with van der Waals surface area (Å²) in [6.07, 6.45) is -0.00468. The first-order valence-corrected chi connectivity index (χ1v) is 14.8. The zero-order valence-electron chi connectivity index (χ0n) is 25.3. The van der Waals surface area contributed by atoms with Crippen molar-refractivity contribution in [2.75, 3.05) is 36.9 Å². The van der Waals surface area contributed by atoms with Gasteiger partial charge in [-0.05, 0) is 79.7 Å². The van der Waals surface area contributed by atoms with E-state index < -0.39 is 27.8 Å². The molecule has 7 nitrogen and oxygen atoms in total. The fourth-order valence-electron chi connectivity index (χ4n) is 6.31. The molecule has 1 saturated carbocycles. The number of carbonyl (C=O) groups is 1. The Bertz CT molecular complexity index is 1260. The van der Waals surface area contributed by atoms with E-state index in [0.717, 1.165) is 63.7 Å². The maximum absolute atomic E-state index is 13.5. The van der Waals surface area contributed by atoms with Crippen LogP contribution in [0.25, 0.3) is 0 Å². The first-order valence-electron chi connectivity index (χ1n) is 14.8. The van der Waals surface area contributed by atoms with E-state index in [-0.39, 0.29) is 23.1 Å². The van der Waals surface area contributed by atoms with Gasteiger partial charge in [-0.25, -0.2) is 0 Å². The van der Waals surface area contributed by atoms with Gasteiger partial charge < -0.3 is 15.1 Å². The van der Waals surface area contributed by atoms with Crippen LogP contribution in [-0.2, 0) is 16.4 Å². The molecule has 1 aliphatic heterocycles. The Kier molecular flexibility index (Phi) is 9.14. The second-order valence-electron chi connectivity index (χ2n) is 13.4. The molecule has 2 aliphatic rings. The van der Waals surface area contributed by atoms with Gasteiger partial charge in [-0.2, -0.15) is 13.2 Å². The van der Waals surface area contributed by atoms with Crippen molar-refractivity contribution in [2.45, 2.75) is 83.9 Å². The third kappa shape index (κ3) is 7.36. The molecule has 0 aromatic heterocycles. The van der Waals surface area contributed by atoms with Crippen molar-refractivity contribution in [2.24, 2.45) is 11.3 Å². The number of halogens is 3. The van der Waals surface area contributed by atoms with E-state index >= 15 is 0 Å². The van der Waals surface area contributed by atoms with Crippen LogP contribution in [-0.4, -0.2) is 48.5 Å². The Morgan fingerprint density at radius 2 is 1.64 bits per heavy atom. The minimum Gasteiger partial charge on any atom is -0.382 e. The minimum atomic E-state index is -4.81. The summed E-state index contributed by atoms with van der Waals surface area (Å²) in [4.78, 5) is 27.8. The summed E-state index contributed by atoms with van der Waals surface area (Å²) in [5.41, 5.74) is 0.244. The Labute approximate surface area is 246 Å². The van der Waals surface area contributed by atoms with Crippen LogP contribution >= 0.6 is 0 Å². The van der Waals surface area contributed by atoms with Crippen LogP contribution < -0.4 is 10.2 Å². The Hall–Kier alpha value is -3.30. The molecule has 1 amide bonds. The lowest BCUT2D eigenvalue weighted by atomic mass is 9.78. The van der Waals surface area contributed by atoms with Crippen LogP contribution in [0.4, 0.5) is 30.2 Å². The number of benzene rings is 2. The van der Waals surface area contributed by atoms with Gasteiger partial charge >= 0.3 is 6.18 Å². The molecule has 10 heteroatoms. The van der Waals surface area contributed by atoms with Gasteiger partial charge in [0, 0.05) is 55.6 Å². The summed E-state index contributed by atoms with van der Waals surface area (Å²) in [5.74, 6) is 0.501. The molecule has 1 saturated heterocycles. The maximum atomic E-state index is 13.5. The van der Waals surface area contributed by atoms with Crippen molar-refractivity contribution < 1.29 is 22.9 Å². The van der Waals surface area contributed by atoms with Crippen LogP contribution in [0.2, 0.25) is 0 Å². The summed E-state index contributed by atoms with van der Waals surface area (Å²) in [6, 6.07) is 11.8. The summed E-state index contributed by atoms with van der Waals surface area (Å²) in [7, 11) is 1.88. The van der Waals surface area contributed by atoms with Gasteiger partial charge in [0.2, 0.25) is 5.91 Å². The topological polar surface area (TPSA) is 78.7 Å². The number of rotatable bonds is 7. The van der Waals surface area contributed by atoms with Crippen molar-refractivity contribution in [3.05, 3.63) is 63.7 Å². The van der Waals surface area contributed by atoms with E-state index in [4.69, 9.17) is 0 Å². The molecule has 0 atom stereocenters. The van der Waals surface area contributed by atoms with E-state index in [1.54, 1.807) is 0 Å². The largest absolute Gasteiger partial charge is 0.423 e. The van der Waals surface area contributed by atoms with Crippen LogP contribution in [0.5, 0.6) is 0 Å². The van der Waals surface area contributed by atoms with Gasteiger partial charge in [0.05, 0.1) is 4.92 Å². The number of amides is 1. The molecule has 1 aliphatic carbocycles. The van der Waals surface area contributed by atoms with Crippen molar-refractivity contribution >= 4 is 23.0 Å². The second-order valence-corrected chi connectivity index (χ2v) is 13.4. The highest BCUT2D eigenvalue weighted by Gasteiger charge is 2.40. The molecule has 2 aromatic carbocycles. The van der Waals surface area contributed by atoms with Gasteiger partial charge in [0.15, 0.2) is 0 Å². The smallest absolute Gasteiger partial charge is 0.382 e. The summed E-state index contributed by atoms with van der Waals surface area (Å²) < 4.78 is 40.0. The van der Waals surface area contributed by atoms with E-state index in [9.17, 15) is 28.1 Å². The van der Waals surface area contributed by atoms with Gasteiger partial charge in [0.25, 0.3) is 5.69 Å². The lowest BCUT2D eigenvalue weighted by molar-refractivity contribution is -0.388. The molecule has 4 rings (SSSR count). The Morgan fingerprint density at radius 3 is 2.17 bits per heavy atom. The molecule has 2 fully saturated rings. The number of anilines is 2. The van der Waals surface area contributed by atoms with E-state index in [2.05, 4.69) is 62.2 Å². The number of carbonyl (C=O) groups excluding carboxylic acids is 1. The zero-order chi connectivity index (χ0) is 30.9. The summed E-state index contributed by atoms with van der Waals surface area (Å²) in [5, 5.41) is 14.2. The SMILES string of the molecule is CN(C[C@H]1CC[C@H](Nc2ccc([N+](=O)[O-])c(C(F)(F)F)c2)CC1)C(=O)C1(C)CCN(c2ccc(C(C)(C)C)cc2)CC1. The highest BCUT2D eigenvalue weighted by molar-refractivity contribution is 5.82. The summed E-state index contributed by atoms with van der Waals surface area (Å²) in [6.45, 7) is 11.0. The molecule has 1 N–H and O–H groups in total. The quantitative estimate of drug-likeness (QED) is 0.266. The predicted molar refractivity (Wildman–Crippen MR) is 160 cm³/mol. The molecule has 0 unspecified atom stereocenters. The van der Waals surface area contributed by atoms with Crippen molar-refractivity contribution in [1.82, 2.24) is 4.90 Å². The molecule has 230 valence electrons. The lowest BCUT2D eigenvalue weighted by Gasteiger charge is -2.42. The lowest BCUT2D eigenvalue weighted by Crippen LogP contribution is -2.49. The first kappa shape index (κ1) is 31.6. The Morgan fingerprint density at radius 1 is 1.05 bits per heavy atom. The molecular formula is C32H43F3N4O3. The highest BCUT2D eigenvalue weighted by atomic mass is 19.4. The van der Waals surface area contributed by atoms with Crippen LogP contribution in [0.15, 0.2) is 42.5 Å². The molecule has 0 bridgehead atoms. The van der Waals surface area contributed by atoms with Gasteiger partial charge in [-0.15, -0.1) is 0 Å². The number of nitrogens with zero attached hydrogens (tertiary/aromatic N) is 3. The molecule has 0 radical (unpaired) electrons. The fourth-order valence-corrected chi connectivity index (χ4v) is 6.31. The second kappa shape index (κ2) is 12.1. The van der Waals surface area contributed by atoms with Crippen molar-refractivity contribution in [3.63, 3.8) is 0 Å². The molecule has 2 aromatic rings. The van der Waals surface area contributed by atoms with Crippen LogP contribution in [0.3, 0.4) is 0 Å². The van der Waals surface area contributed by atoms with Crippen molar-refractivity contribution in [3.8, 4) is 0 Å². The van der Waals surface area contributed by atoms with Crippen LogP contribution in [0, 0.1) is 21.4 Å². The normalized spacial score (nSPS) is 21.1. The van der Waals surface area contributed by atoms with Gasteiger partial charge in [-0.1, -0.05) is 39.8 Å². The third-order valence-corrected chi connectivity index (χ3v) is 9.08. The zero-order valence-corrected chi connectivity index (χ0v) is 25.3. The average Bonchev–Trinajstić information content (AvgIpc) is 2.93. The standard InChI is InChI=1S/C32H43F3N4O3/c1-30(2,3)23-8-13-26(14-9-23)38-18-16-31(4,17-19-38)29(40)37(5)21-22-6-10-24(11-7-22)36-25-12-15-28(39(41)42)27(20-25)32(33,34)35/h8-9,12-15,20,22,24,36H,6-7,10-11,16-19,21H2,1-5H3/t22-,24-. The van der Waals surface area contributed by atoms with Gasteiger partial charge in [-0.3, -0.25) is 14.9 Å². The van der Waals surface area contributed by atoms with Gasteiger partial charge in [0.1, 0.15) is 5.56 Å². The fraction of sp³-hybridized carbons (Fsp3) is 0.594. The maximum Gasteiger partial charge on any atom is 0.423 e. The number of hydrogen-bond acceptors (Lipinski definition) is 5. The number of piperidine rings is 1. The van der Waals surface area contributed by atoms with E-state index in [0.29, 0.717) is 12.5 Å². The van der Waals surface area contributed by atoms with E-state index in [1.165, 1.54) is 17.3 Å². The molecule has 42 heavy (non-hydrogen) atoms. The van der Waals surface area contributed by atoms with E-state index in [1.807, 2.05) is 11.9 Å². The number of nitrogens with one attached hydrogen (secondary N) is 1. The number of nitro benzene ring substituents is 1. The molecular weight excluding hydrogens is 545 g/mol. The predicted octanol–water partition coefficient (Wildman–Crippen LogP) is 7.65. The third-order valence-electron chi connectivity index (χ3n) is 9.08. The first-order chi connectivity index (χ1) is 19.6. The highest BCUT2D eigenvalue weighted by Crippen LogP contribution is 2.39. The van der Waals surface area contributed by atoms with Crippen molar-refractivity contribution in [1.29, 1.82) is 0 Å². The summed E-state index contributed by atoms with van der Waals surface area (Å²) >= 11 is 0. The van der Waals surface area contributed by atoms with Crippen LogP contribution in [0.1, 0.15) is 77.3 Å². The Balaban J connectivity index is 1.26. The average molecular weight is 589 g/mol. The molecule has 1 heterocycles. The number of hydrogen-bond donors (Lipinski definition) is 1. The minimum absolute atomic E-state index is 0.0240. The monoisotopic (exact) mass is 588 g/mol.